The van der Waals surface area contributed by atoms with Crippen molar-refractivity contribution in [2.45, 2.75) is 18.2 Å². The van der Waals surface area contributed by atoms with E-state index in [9.17, 15) is 18.0 Å². The van der Waals surface area contributed by atoms with Crippen LogP contribution in [0, 0.1) is 0 Å². The van der Waals surface area contributed by atoms with Crippen LogP contribution in [-0.2, 0) is 21.2 Å². The maximum absolute atomic E-state index is 12.6. The standard InChI is InChI=1S/C20H21N5O4S/c1-14(26)23-16-7-9-17(10-8-16)30(28,29)25-18-13-22-24-19(18)20(27)21-12-11-15-5-3-2-4-6-15/h2-10,13,25H,11-12H2,1H3,(H,21,27)(H,22,24)(H,23,26). The highest BCUT2D eigenvalue weighted by Gasteiger charge is 2.20. The molecule has 4 N–H and O–H groups in total. The van der Waals surface area contributed by atoms with E-state index in [0.717, 1.165) is 5.56 Å². The van der Waals surface area contributed by atoms with E-state index in [4.69, 9.17) is 0 Å². The van der Waals surface area contributed by atoms with Gasteiger partial charge < -0.3 is 10.6 Å². The summed E-state index contributed by atoms with van der Waals surface area (Å²) in [5.41, 5.74) is 1.61. The van der Waals surface area contributed by atoms with Crippen molar-refractivity contribution in [1.29, 1.82) is 0 Å². The molecule has 1 heterocycles. The lowest BCUT2D eigenvalue weighted by atomic mass is 10.1. The quantitative estimate of drug-likeness (QED) is 0.437. The Morgan fingerprint density at radius 1 is 1.03 bits per heavy atom. The third-order valence-corrected chi connectivity index (χ3v) is 5.52. The minimum absolute atomic E-state index is 0.0153. The molecule has 0 saturated carbocycles. The zero-order valence-electron chi connectivity index (χ0n) is 16.2. The van der Waals surface area contributed by atoms with Gasteiger partial charge in [-0.2, -0.15) is 5.10 Å². The van der Waals surface area contributed by atoms with E-state index in [1.54, 1.807) is 0 Å². The third-order valence-electron chi connectivity index (χ3n) is 4.14. The number of benzene rings is 2. The summed E-state index contributed by atoms with van der Waals surface area (Å²) in [4.78, 5) is 23.5. The number of carbonyl (C=O) groups excluding carboxylic acids is 2. The van der Waals surface area contributed by atoms with E-state index >= 15 is 0 Å². The van der Waals surface area contributed by atoms with Crippen molar-refractivity contribution in [3.63, 3.8) is 0 Å². The normalized spacial score (nSPS) is 11.0. The van der Waals surface area contributed by atoms with Gasteiger partial charge in [-0.15, -0.1) is 0 Å². The number of hydrogen-bond donors (Lipinski definition) is 4. The molecule has 156 valence electrons. The summed E-state index contributed by atoms with van der Waals surface area (Å²) in [6, 6.07) is 15.3. The minimum Gasteiger partial charge on any atom is -0.350 e. The lowest BCUT2D eigenvalue weighted by Gasteiger charge is -2.10. The first kappa shape index (κ1) is 21.1. The van der Waals surface area contributed by atoms with E-state index < -0.39 is 15.9 Å². The number of anilines is 2. The van der Waals surface area contributed by atoms with Crippen LogP contribution < -0.4 is 15.4 Å². The largest absolute Gasteiger partial charge is 0.350 e. The Hall–Kier alpha value is -3.66. The Labute approximate surface area is 174 Å². The fraction of sp³-hybridized carbons (Fsp3) is 0.150. The van der Waals surface area contributed by atoms with Crippen LogP contribution in [0.3, 0.4) is 0 Å². The van der Waals surface area contributed by atoms with Crippen molar-refractivity contribution in [2.75, 3.05) is 16.6 Å². The Balaban J connectivity index is 1.65. The molecule has 2 amide bonds. The van der Waals surface area contributed by atoms with Crippen molar-refractivity contribution < 1.29 is 18.0 Å². The Kier molecular flexibility index (Phi) is 6.48. The number of hydrogen-bond acceptors (Lipinski definition) is 5. The van der Waals surface area contributed by atoms with E-state index in [0.29, 0.717) is 18.7 Å². The number of nitrogens with one attached hydrogen (secondary N) is 4. The summed E-state index contributed by atoms with van der Waals surface area (Å²) in [5, 5.41) is 11.6. The highest BCUT2D eigenvalue weighted by atomic mass is 32.2. The van der Waals surface area contributed by atoms with Crippen molar-refractivity contribution in [1.82, 2.24) is 15.5 Å². The molecule has 0 spiro atoms. The Bertz CT molecular complexity index is 1130. The number of amides is 2. The molecule has 0 bridgehead atoms. The zero-order valence-corrected chi connectivity index (χ0v) is 17.0. The molecular weight excluding hydrogens is 406 g/mol. The molecule has 0 saturated heterocycles. The summed E-state index contributed by atoms with van der Waals surface area (Å²) in [6.07, 6.45) is 1.87. The van der Waals surface area contributed by atoms with Gasteiger partial charge in [-0.25, -0.2) is 8.42 Å². The van der Waals surface area contributed by atoms with Crippen LogP contribution in [0.5, 0.6) is 0 Å². The monoisotopic (exact) mass is 427 g/mol. The van der Waals surface area contributed by atoms with E-state index in [2.05, 4.69) is 25.6 Å². The van der Waals surface area contributed by atoms with Crippen molar-refractivity contribution in [2.24, 2.45) is 0 Å². The Morgan fingerprint density at radius 3 is 2.40 bits per heavy atom. The van der Waals surface area contributed by atoms with Crippen LogP contribution in [0.25, 0.3) is 0 Å². The number of aromatic amines is 1. The first-order chi connectivity index (χ1) is 14.3. The molecule has 2 aromatic carbocycles. The van der Waals surface area contributed by atoms with Gasteiger partial charge in [0.05, 0.1) is 16.8 Å². The summed E-state index contributed by atoms with van der Waals surface area (Å²) in [7, 11) is -3.95. The topological polar surface area (TPSA) is 133 Å². The number of rotatable bonds is 8. The minimum atomic E-state index is -3.95. The number of carbonyl (C=O) groups is 2. The van der Waals surface area contributed by atoms with Gasteiger partial charge in [-0.3, -0.25) is 19.4 Å². The molecule has 0 aliphatic rings. The first-order valence-electron chi connectivity index (χ1n) is 9.11. The predicted octanol–water partition coefficient (Wildman–Crippen LogP) is 2.14. The average molecular weight is 427 g/mol. The van der Waals surface area contributed by atoms with Gasteiger partial charge in [-0.1, -0.05) is 30.3 Å². The number of aromatic nitrogens is 2. The smallest absolute Gasteiger partial charge is 0.271 e. The van der Waals surface area contributed by atoms with Crippen LogP contribution in [0.2, 0.25) is 0 Å². The van der Waals surface area contributed by atoms with Crippen molar-refractivity contribution in [3.05, 3.63) is 72.1 Å². The molecule has 0 fully saturated rings. The molecule has 3 aromatic rings. The number of nitrogens with zero attached hydrogens (tertiary/aromatic N) is 1. The van der Waals surface area contributed by atoms with Gasteiger partial charge in [0.1, 0.15) is 5.69 Å². The maximum atomic E-state index is 12.6. The number of sulfonamides is 1. The molecule has 1 aromatic heterocycles. The van der Waals surface area contributed by atoms with E-state index in [-0.39, 0.29) is 22.2 Å². The predicted molar refractivity (Wildman–Crippen MR) is 113 cm³/mol. The maximum Gasteiger partial charge on any atom is 0.271 e. The molecule has 0 atom stereocenters. The fourth-order valence-electron chi connectivity index (χ4n) is 2.71. The van der Waals surface area contributed by atoms with Crippen LogP contribution in [0.4, 0.5) is 11.4 Å². The van der Waals surface area contributed by atoms with Gasteiger partial charge in [0.25, 0.3) is 15.9 Å². The molecule has 0 aliphatic heterocycles. The zero-order chi connectivity index (χ0) is 21.6. The first-order valence-corrected chi connectivity index (χ1v) is 10.6. The van der Waals surface area contributed by atoms with Crippen molar-refractivity contribution in [3.8, 4) is 0 Å². The van der Waals surface area contributed by atoms with Crippen LogP contribution >= 0.6 is 0 Å². The second-order valence-corrected chi connectivity index (χ2v) is 8.14. The molecule has 30 heavy (non-hydrogen) atoms. The van der Waals surface area contributed by atoms with E-state index in [1.165, 1.54) is 37.4 Å². The summed E-state index contributed by atoms with van der Waals surface area (Å²) >= 11 is 0. The molecular formula is C20H21N5O4S. The molecule has 0 unspecified atom stereocenters. The van der Waals surface area contributed by atoms with Gasteiger partial charge in [-0.05, 0) is 36.2 Å². The second kappa shape index (κ2) is 9.23. The lowest BCUT2D eigenvalue weighted by Crippen LogP contribution is -2.27. The summed E-state index contributed by atoms with van der Waals surface area (Å²) < 4.78 is 27.6. The fourth-order valence-corrected chi connectivity index (χ4v) is 3.77. The number of H-pyrrole nitrogens is 1. The van der Waals surface area contributed by atoms with Crippen LogP contribution in [0.1, 0.15) is 23.0 Å². The molecule has 9 nitrogen and oxygen atoms in total. The van der Waals surface area contributed by atoms with Gasteiger partial charge >= 0.3 is 0 Å². The SMILES string of the molecule is CC(=O)Nc1ccc(S(=O)(=O)Nc2cn[nH]c2C(=O)NCCc2ccccc2)cc1. The molecule has 10 heteroatoms. The lowest BCUT2D eigenvalue weighted by molar-refractivity contribution is -0.114. The van der Waals surface area contributed by atoms with Gasteiger partial charge in [0, 0.05) is 19.2 Å². The van der Waals surface area contributed by atoms with E-state index in [1.807, 2.05) is 30.3 Å². The average Bonchev–Trinajstić information content (AvgIpc) is 3.16. The van der Waals surface area contributed by atoms with Crippen LogP contribution in [-0.4, -0.2) is 37.0 Å². The van der Waals surface area contributed by atoms with Gasteiger partial charge in [0.15, 0.2) is 0 Å². The molecule has 0 radical (unpaired) electrons. The Morgan fingerprint density at radius 2 is 1.73 bits per heavy atom. The molecule has 3 rings (SSSR count). The summed E-state index contributed by atoms with van der Waals surface area (Å²) in [6.45, 7) is 1.75. The highest BCUT2D eigenvalue weighted by molar-refractivity contribution is 7.92. The summed E-state index contributed by atoms with van der Waals surface area (Å²) in [5.74, 6) is -0.729. The third kappa shape index (κ3) is 5.45. The van der Waals surface area contributed by atoms with Crippen molar-refractivity contribution >= 4 is 33.2 Å². The molecule has 0 aliphatic carbocycles. The van der Waals surface area contributed by atoms with Gasteiger partial charge in [0.2, 0.25) is 5.91 Å². The van der Waals surface area contributed by atoms with Crippen LogP contribution in [0.15, 0.2) is 65.7 Å². The highest BCUT2D eigenvalue weighted by Crippen LogP contribution is 2.20. The second-order valence-electron chi connectivity index (χ2n) is 6.46.